The molecule has 218 valence electrons. The van der Waals surface area contributed by atoms with Crippen LogP contribution in [0.5, 0.6) is 0 Å². The van der Waals surface area contributed by atoms with Crippen LogP contribution in [0.15, 0.2) is 60.7 Å². The summed E-state index contributed by atoms with van der Waals surface area (Å²) in [5.41, 5.74) is 5.50. The summed E-state index contributed by atoms with van der Waals surface area (Å²) in [6, 6.07) is 18.7. The molecule has 2 fully saturated rings. The number of ether oxygens (including phenoxy) is 1. The smallest absolute Gasteiger partial charge is 0.335 e. The highest BCUT2D eigenvalue weighted by Crippen LogP contribution is 2.25. The molecule has 2 saturated heterocycles. The molecule has 2 N–H and O–H groups in total. The van der Waals surface area contributed by atoms with Gasteiger partial charge in [-0.3, -0.25) is 9.69 Å². The molecule has 42 heavy (non-hydrogen) atoms. The quantitative estimate of drug-likeness (QED) is 0.282. The lowest BCUT2D eigenvalue weighted by Crippen LogP contribution is -2.48. The Morgan fingerprint density at radius 1 is 1.05 bits per heavy atom. The van der Waals surface area contributed by atoms with Crippen molar-refractivity contribution in [1.82, 2.24) is 19.4 Å². The number of imidazole rings is 1. The van der Waals surface area contributed by atoms with E-state index in [9.17, 15) is 14.7 Å². The fourth-order valence-electron chi connectivity index (χ4n) is 5.53. The van der Waals surface area contributed by atoms with Crippen LogP contribution in [0.2, 0.25) is 5.02 Å². The van der Waals surface area contributed by atoms with Crippen molar-refractivity contribution < 1.29 is 19.4 Å². The van der Waals surface area contributed by atoms with Crippen LogP contribution < -0.4 is 5.32 Å². The molecule has 10 heteroatoms. The minimum Gasteiger partial charge on any atom is -0.478 e. The van der Waals surface area contributed by atoms with Crippen molar-refractivity contribution in [2.75, 3.05) is 38.1 Å². The number of benzene rings is 3. The van der Waals surface area contributed by atoms with Gasteiger partial charge in [0, 0.05) is 44.9 Å². The maximum atomic E-state index is 13.4. The average Bonchev–Trinajstić information content (AvgIpc) is 3.30. The number of carboxylic acids is 1. The van der Waals surface area contributed by atoms with E-state index in [0.717, 1.165) is 59.8 Å². The number of nitrogens with one attached hydrogen (secondary N) is 1. The number of halogens is 1. The third kappa shape index (κ3) is 6.13. The largest absolute Gasteiger partial charge is 0.478 e. The van der Waals surface area contributed by atoms with E-state index in [-0.39, 0.29) is 17.6 Å². The Labute approximate surface area is 249 Å². The van der Waals surface area contributed by atoms with Gasteiger partial charge in [-0.05, 0) is 66.9 Å². The number of aryl methyl sites for hydroxylation is 1. The number of nitrogens with zero attached hydrogens (tertiary/aromatic N) is 4. The van der Waals surface area contributed by atoms with Crippen LogP contribution in [0.1, 0.15) is 44.1 Å². The number of fused-ring (bicyclic) bond motifs is 1. The van der Waals surface area contributed by atoms with Crippen molar-refractivity contribution in [3.05, 3.63) is 93.8 Å². The molecule has 0 saturated carbocycles. The predicted molar refractivity (Wildman–Crippen MR) is 162 cm³/mol. The predicted octanol–water partition coefficient (Wildman–Crippen LogP) is 5.06. The fourth-order valence-corrected chi connectivity index (χ4v) is 5.83. The Bertz CT molecular complexity index is 1620. The number of piperazine rings is 1. The van der Waals surface area contributed by atoms with E-state index >= 15 is 0 Å². The lowest BCUT2D eigenvalue weighted by atomic mass is 10.1. The van der Waals surface area contributed by atoms with Crippen molar-refractivity contribution in [2.45, 2.75) is 39.1 Å². The molecule has 1 aromatic heterocycles. The van der Waals surface area contributed by atoms with Crippen LogP contribution in [-0.2, 0) is 24.4 Å². The molecule has 3 heterocycles. The van der Waals surface area contributed by atoms with E-state index in [4.69, 9.17) is 21.3 Å². The molecule has 0 bridgehead atoms. The van der Waals surface area contributed by atoms with Gasteiger partial charge in [0.05, 0.1) is 46.5 Å². The molecule has 0 unspecified atom stereocenters. The Morgan fingerprint density at radius 2 is 1.86 bits per heavy atom. The highest BCUT2D eigenvalue weighted by molar-refractivity contribution is 6.33. The topological polar surface area (TPSA) is 99.9 Å². The van der Waals surface area contributed by atoms with Gasteiger partial charge in [-0.25, -0.2) is 9.78 Å². The SMILES string of the molecule is Cc1ccc(NCc2cccc(C(=O)N3CCN(Cc4nc5ccc(C(=O)O)cc5n4C[C@@H]4CCO4)CC3)c2)c(Cl)c1. The Morgan fingerprint density at radius 3 is 2.57 bits per heavy atom. The first-order valence-corrected chi connectivity index (χ1v) is 14.7. The van der Waals surface area contributed by atoms with Gasteiger partial charge < -0.3 is 24.6 Å². The van der Waals surface area contributed by atoms with Crippen LogP contribution in [0, 0.1) is 6.92 Å². The second-order valence-corrected chi connectivity index (χ2v) is 11.4. The molecular formula is C32H34ClN5O4. The zero-order chi connectivity index (χ0) is 29.2. The maximum Gasteiger partial charge on any atom is 0.335 e. The van der Waals surface area contributed by atoms with E-state index in [1.54, 1.807) is 18.2 Å². The molecule has 2 aliphatic rings. The number of hydrogen-bond donors (Lipinski definition) is 2. The van der Waals surface area contributed by atoms with Crippen molar-refractivity contribution in [3.8, 4) is 0 Å². The van der Waals surface area contributed by atoms with Gasteiger partial charge in [0.15, 0.2) is 0 Å². The molecule has 2 aliphatic heterocycles. The molecule has 4 aromatic rings. The second-order valence-electron chi connectivity index (χ2n) is 11.0. The minimum atomic E-state index is -0.954. The van der Waals surface area contributed by atoms with Crippen LogP contribution >= 0.6 is 11.6 Å². The zero-order valence-corrected chi connectivity index (χ0v) is 24.3. The molecule has 6 rings (SSSR count). The second kappa shape index (κ2) is 12.1. The number of anilines is 1. The molecule has 1 atom stereocenters. The summed E-state index contributed by atoms with van der Waals surface area (Å²) in [4.78, 5) is 34.0. The first-order valence-electron chi connectivity index (χ1n) is 14.3. The number of carbonyl (C=O) groups is 2. The number of carbonyl (C=O) groups excluding carboxylic acids is 1. The lowest BCUT2D eigenvalue weighted by Gasteiger charge is -2.35. The van der Waals surface area contributed by atoms with E-state index in [2.05, 4.69) is 14.8 Å². The normalized spacial score (nSPS) is 17.3. The molecular weight excluding hydrogens is 554 g/mol. The number of aromatic carboxylic acids is 1. The van der Waals surface area contributed by atoms with Gasteiger partial charge in [-0.1, -0.05) is 29.8 Å². The Kier molecular flexibility index (Phi) is 8.15. The van der Waals surface area contributed by atoms with E-state index < -0.39 is 5.97 Å². The maximum absolute atomic E-state index is 13.4. The third-order valence-corrected chi connectivity index (χ3v) is 8.37. The first-order chi connectivity index (χ1) is 20.3. The van der Waals surface area contributed by atoms with Crippen molar-refractivity contribution >= 4 is 40.2 Å². The standard InChI is InChI=1S/C32H34ClN5O4/c1-21-5-7-27(26(33)15-21)34-18-22-3-2-4-23(16-22)31(39)37-12-10-36(11-13-37)20-30-35-28-8-6-24(32(40)41)17-29(28)38(30)19-25-9-14-42-25/h2-8,15-17,25,34H,9-14,18-20H2,1H3,(H,40,41)/t25-/m0/s1. The van der Waals surface area contributed by atoms with Gasteiger partial charge in [0.1, 0.15) is 5.82 Å². The van der Waals surface area contributed by atoms with Crippen molar-refractivity contribution in [1.29, 1.82) is 0 Å². The summed E-state index contributed by atoms with van der Waals surface area (Å²) in [7, 11) is 0. The number of amides is 1. The van der Waals surface area contributed by atoms with Gasteiger partial charge in [-0.15, -0.1) is 0 Å². The van der Waals surface area contributed by atoms with Gasteiger partial charge >= 0.3 is 5.97 Å². The molecule has 0 aliphatic carbocycles. The number of hydrogen-bond acceptors (Lipinski definition) is 6. The van der Waals surface area contributed by atoms with Crippen LogP contribution in [0.4, 0.5) is 5.69 Å². The summed E-state index contributed by atoms with van der Waals surface area (Å²) in [5, 5.41) is 13.5. The number of aromatic nitrogens is 2. The van der Waals surface area contributed by atoms with Gasteiger partial charge in [-0.2, -0.15) is 0 Å². The highest BCUT2D eigenvalue weighted by atomic mass is 35.5. The van der Waals surface area contributed by atoms with E-state index in [0.29, 0.717) is 43.3 Å². The van der Waals surface area contributed by atoms with Gasteiger partial charge in [0.25, 0.3) is 5.91 Å². The molecule has 3 aromatic carbocycles. The van der Waals surface area contributed by atoms with E-state index in [1.807, 2.05) is 54.3 Å². The summed E-state index contributed by atoms with van der Waals surface area (Å²) in [6.07, 6.45) is 1.10. The molecule has 0 spiro atoms. The number of rotatable bonds is 9. The monoisotopic (exact) mass is 587 g/mol. The minimum absolute atomic E-state index is 0.0282. The Hall–Kier alpha value is -3.92. The summed E-state index contributed by atoms with van der Waals surface area (Å²) < 4.78 is 7.78. The molecule has 1 amide bonds. The zero-order valence-electron chi connectivity index (χ0n) is 23.6. The lowest BCUT2D eigenvalue weighted by molar-refractivity contribution is -0.0592. The van der Waals surface area contributed by atoms with Crippen molar-refractivity contribution in [2.24, 2.45) is 0 Å². The average molecular weight is 588 g/mol. The molecule has 0 radical (unpaired) electrons. The van der Waals surface area contributed by atoms with Crippen LogP contribution in [0.25, 0.3) is 11.0 Å². The summed E-state index contributed by atoms with van der Waals surface area (Å²) in [6.45, 7) is 7.28. The van der Waals surface area contributed by atoms with Crippen molar-refractivity contribution in [3.63, 3.8) is 0 Å². The summed E-state index contributed by atoms with van der Waals surface area (Å²) in [5.74, 6) is -0.0403. The van der Waals surface area contributed by atoms with E-state index in [1.165, 1.54) is 0 Å². The van der Waals surface area contributed by atoms with Crippen LogP contribution in [-0.4, -0.2) is 75.2 Å². The molecule has 9 nitrogen and oxygen atoms in total. The Balaban J connectivity index is 1.09. The van der Waals surface area contributed by atoms with Gasteiger partial charge in [0.2, 0.25) is 0 Å². The third-order valence-electron chi connectivity index (χ3n) is 8.06. The summed E-state index contributed by atoms with van der Waals surface area (Å²) >= 11 is 6.36. The highest BCUT2D eigenvalue weighted by Gasteiger charge is 2.26. The fraction of sp³-hybridized carbons (Fsp3) is 0.344. The first kappa shape index (κ1) is 28.2. The number of carboxylic acid groups (broad SMARTS) is 1. The van der Waals surface area contributed by atoms with Crippen LogP contribution in [0.3, 0.4) is 0 Å².